The molecule has 0 bridgehead atoms. The van der Waals surface area contributed by atoms with Gasteiger partial charge in [0.15, 0.2) is 0 Å². The van der Waals surface area contributed by atoms with E-state index in [0.29, 0.717) is 12.5 Å². The molecule has 1 saturated carbocycles. The highest BCUT2D eigenvalue weighted by atomic mass is 16.5. The van der Waals surface area contributed by atoms with Gasteiger partial charge in [-0.25, -0.2) is 4.79 Å². The van der Waals surface area contributed by atoms with Crippen LogP contribution in [0, 0.1) is 5.92 Å². The summed E-state index contributed by atoms with van der Waals surface area (Å²) in [5.41, 5.74) is 0.993. The summed E-state index contributed by atoms with van der Waals surface area (Å²) >= 11 is 0. The molecule has 3 heteroatoms. The molecule has 3 rings (SSSR count). The highest BCUT2D eigenvalue weighted by molar-refractivity contribution is 5.87. The lowest BCUT2D eigenvalue weighted by atomic mass is 9.83. The van der Waals surface area contributed by atoms with Crippen molar-refractivity contribution in [3.63, 3.8) is 0 Å². The molecule has 2 aromatic carbocycles. The monoisotopic (exact) mass is 311 g/mol. The number of carbonyl (C=O) groups excluding carboxylic acids is 1. The maximum atomic E-state index is 12.4. The minimum atomic E-state index is -0.239. The van der Waals surface area contributed by atoms with Gasteiger partial charge in [-0.1, -0.05) is 49.6 Å². The number of fused-ring (bicyclic) bond motifs is 1. The number of anilines is 1. The molecule has 1 unspecified atom stereocenters. The van der Waals surface area contributed by atoms with Gasteiger partial charge in [-0.05, 0) is 48.6 Å². The van der Waals surface area contributed by atoms with Gasteiger partial charge < -0.3 is 10.1 Å². The first-order valence-corrected chi connectivity index (χ1v) is 8.70. The zero-order chi connectivity index (χ0) is 16.1. The van der Waals surface area contributed by atoms with Gasteiger partial charge in [0.1, 0.15) is 6.04 Å². The maximum absolute atomic E-state index is 12.4. The van der Waals surface area contributed by atoms with Crippen molar-refractivity contribution >= 4 is 22.4 Å². The highest BCUT2D eigenvalue weighted by Gasteiger charge is 2.30. The predicted molar refractivity (Wildman–Crippen MR) is 94.6 cm³/mol. The first-order chi connectivity index (χ1) is 11.3. The molecule has 1 aliphatic carbocycles. The lowest BCUT2D eigenvalue weighted by molar-refractivity contribution is -0.145. The third kappa shape index (κ3) is 3.84. The van der Waals surface area contributed by atoms with E-state index in [1.807, 2.05) is 19.1 Å². The zero-order valence-electron chi connectivity index (χ0n) is 13.8. The van der Waals surface area contributed by atoms with Crippen LogP contribution in [0.15, 0.2) is 42.5 Å². The van der Waals surface area contributed by atoms with Crippen LogP contribution >= 0.6 is 0 Å². The average molecular weight is 311 g/mol. The summed E-state index contributed by atoms with van der Waals surface area (Å²) in [5, 5.41) is 5.85. The zero-order valence-corrected chi connectivity index (χ0v) is 13.8. The van der Waals surface area contributed by atoms with Gasteiger partial charge in [0.25, 0.3) is 0 Å². The van der Waals surface area contributed by atoms with Gasteiger partial charge in [0.05, 0.1) is 6.61 Å². The van der Waals surface area contributed by atoms with E-state index in [1.54, 1.807) is 0 Å². The lowest BCUT2D eigenvalue weighted by Crippen LogP contribution is -2.39. The van der Waals surface area contributed by atoms with Crippen molar-refractivity contribution in [1.29, 1.82) is 0 Å². The molecule has 0 spiro atoms. The highest BCUT2D eigenvalue weighted by Crippen LogP contribution is 2.29. The molecule has 122 valence electrons. The van der Waals surface area contributed by atoms with E-state index < -0.39 is 0 Å². The van der Waals surface area contributed by atoms with Crippen LogP contribution in [0.3, 0.4) is 0 Å². The van der Waals surface area contributed by atoms with Gasteiger partial charge >= 0.3 is 5.97 Å². The number of ether oxygens (including phenoxy) is 1. The Morgan fingerprint density at radius 1 is 1.13 bits per heavy atom. The van der Waals surface area contributed by atoms with Crippen LogP contribution in [0.25, 0.3) is 10.8 Å². The van der Waals surface area contributed by atoms with Crippen LogP contribution in [-0.4, -0.2) is 18.6 Å². The first-order valence-electron chi connectivity index (χ1n) is 8.70. The van der Waals surface area contributed by atoms with Crippen molar-refractivity contribution in [2.24, 2.45) is 5.92 Å². The molecule has 1 fully saturated rings. The fraction of sp³-hybridized carbons (Fsp3) is 0.450. The van der Waals surface area contributed by atoms with Crippen molar-refractivity contribution in [2.75, 3.05) is 11.9 Å². The maximum Gasteiger partial charge on any atom is 0.328 e. The number of nitrogens with one attached hydrogen (secondary N) is 1. The summed E-state index contributed by atoms with van der Waals surface area (Å²) in [7, 11) is 0. The van der Waals surface area contributed by atoms with Gasteiger partial charge in [-0.3, -0.25) is 0 Å². The van der Waals surface area contributed by atoms with Crippen molar-refractivity contribution in [3.05, 3.63) is 42.5 Å². The molecule has 0 amide bonds. The topological polar surface area (TPSA) is 38.3 Å². The van der Waals surface area contributed by atoms with E-state index in [9.17, 15) is 4.79 Å². The lowest BCUT2D eigenvalue weighted by Gasteiger charge is -2.30. The Balaban J connectivity index is 1.81. The van der Waals surface area contributed by atoms with E-state index in [0.717, 1.165) is 18.5 Å². The number of hydrogen-bond acceptors (Lipinski definition) is 3. The Labute approximate surface area is 138 Å². The van der Waals surface area contributed by atoms with Crippen LogP contribution in [0.1, 0.15) is 39.0 Å². The van der Waals surface area contributed by atoms with Crippen molar-refractivity contribution in [3.8, 4) is 0 Å². The van der Waals surface area contributed by atoms with Crippen LogP contribution in [0.2, 0.25) is 0 Å². The molecular formula is C20H25NO2. The molecule has 1 N–H and O–H groups in total. The first kappa shape index (κ1) is 15.9. The van der Waals surface area contributed by atoms with Crippen molar-refractivity contribution in [2.45, 2.75) is 45.1 Å². The molecule has 3 nitrogen and oxygen atoms in total. The molecule has 1 atom stereocenters. The summed E-state index contributed by atoms with van der Waals surface area (Å²) in [6.07, 6.45) is 5.90. The molecular weight excluding hydrogens is 286 g/mol. The minimum absolute atomic E-state index is 0.118. The van der Waals surface area contributed by atoms with E-state index in [4.69, 9.17) is 4.74 Å². The molecule has 1 aliphatic rings. The number of hydrogen-bond donors (Lipinski definition) is 1. The smallest absolute Gasteiger partial charge is 0.328 e. The number of benzene rings is 2. The third-order valence-corrected chi connectivity index (χ3v) is 4.73. The fourth-order valence-corrected chi connectivity index (χ4v) is 3.53. The van der Waals surface area contributed by atoms with Crippen LogP contribution in [0.4, 0.5) is 5.69 Å². The summed E-state index contributed by atoms with van der Waals surface area (Å²) in [4.78, 5) is 12.4. The SMILES string of the molecule is CCOC(=O)C(Nc1ccc2ccccc2c1)C1CCCCC1. The fourth-order valence-electron chi connectivity index (χ4n) is 3.53. The third-order valence-electron chi connectivity index (χ3n) is 4.73. The van der Waals surface area contributed by atoms with Gasteiger partial charge in [-0.15, -0.1) is 0 Å². The van der Waals surface area contributed by atoms with Gasteiger partial charge in [-0.2, -0.15) is 0 Å². The summed E-state index contributed by atoms with van der Waals surface area (Å²) < 4.78 is 5.32. The summed E-state index contributed by atoms with van der Waals surface area (Å²) in [6.45, 7) is 2.30. The second-order valence-corrected chi connectivity index (χ2v) is 6.33. The minimum Gasteiger partial charge on any atom is -0.464 e. The molecule has 0 radical (unpaired) electrons. The largest absolute Gasteiger partial charge is 0.464 e. The van der Waals surface area contributed by atoms with Crippen LogP contribution < -0.4 is 5.32 Å². The number of carbonyl (C=O) groups is 1. The Hall–Kier alpha value is -2.03. The Bertz CT molecular complexity index is 661. The molecule has 0 saturated heterocycles. The molecule has 0 heterocycles. The van der Waals surface area contributed by atoms with Gasteiger partial charge in [0.2, 0.25) is 0 Å². The normalized spacial score (nSPS) is 16.9. The Kier molecular flexibility index (Phi) is 5.16. The Morgan fingerprint density at radius 2 is 1.87 bits per heavy atom. The molecule has 0 aromatic heterocycles. The van der Waals surface area contributed by atoms with Gasteiger partial charge in [0, 0.05) is 5.69 Å². The van der Waals surface area contributed by atoms with Crippen LogP contribution in [0.5, 0.6) is 0 Å². The average Bonchev–Trinajstić information content (AvgIpc) is 2.60. The van der Waals surface area contributed by atoms with E-state index >= 15 is 0 Å². The van der Waals surface area contributed by atoms with Crippen molar-refractivity contribution < 1.29 is 9.53 Å². The summed E-state index contributed by atoms with van der Waals surface area (Å²) in [5.74, 6) is 0.252. The summed E-state index contributed by atoms with van der Waals surface area (Å²) in [6, 6.07) is 14.3. The quantitative estimate of drug-likeness (QED) is 0.809. The Morgan fingerprint density at radius 3 is 2.61 bits per heavy atom. The molecule has 23 heavy (non-hydrogen) atoms. The van der Waals surface area contributed by atoms with E-state index in [-0.39, 0.29) is 12.0 Å². The predicted octanol–water partition coefficient (Wildman–Crippen LogP) is 4.76. The van der Waals surface area contributed by atoms with Crippen LogP contribution in [-0.2, 0) is 9.53 Å². The standard InChI is InChI=1S/C20H25NO2/c1-2-23-20(22)19(16-9-4-3-5-10-16)21-18-13-12-15-8-6-7-11-17(15)14-18/h6-8,11-14,16,19,21H,2-5,9-10H2,1H3. The number of rotatable bonds is 5. The molecule has 0 aliphatic heterocycles. The van der Waals surface area contributed by atoms with E-state index in [1.165, 1.54) is 30.0 Å². The second-order valence-electron chi connectivity index (χ2n) is 6.33. The molecule has 2 aromatic rings. The second kappa shape index (κ2) is 7.49. The van der Waals surface area contributed by atoms with E-state index in [2.05, 4.69) is 35.6 Å². The van der Waals surface area contributed by atoms with Crippen molar-refractivity contribution in [1.82, 2.24) is 0 Å². The number of esters is 1.